The average Bonchev–Trinajstić information content (AvgIpc) is 2.75. The lowest BCUT2D eigenvalue weighted by molar-refractivity contribution is -0.137. The number of benzene rings is 1. The summed E-state index contributed by atoms with van der Waals surface area (Å²) in [6.45, 7) is 0. The highest BCUT2D eigenvalue weighted by Crippen LogP contribution is 2.18. The minimum absolute atomic E-state index is 0.00164. The summed E-state index contributed by atoms with van der Waals surface area (Å²) in [5, 5.41) is 20.3. The van der Waals surface area contributed by atoms with Crippen LogP contribution >= 0.6 is 15.9 Å². The highest BCUT2D eigenvalue weighted by Gasteiger charge is 2.08. The Morgan fingerprint density at radius 1 is 1.41 bits per heavy atom. The van der Waals surface area contributed by atoms with E-state index in [1.54, 1.807) is 0 Å². The van der Waals surface area contributed by atoms with Crippen LogP contribution in [-0.4, -0.2) is 31.3 Å². The molecular weight excluding hydrogens is 288 g/mol. The molecule has 0 radical (unpaired) electrons. The van der Waals surface area contributed by atoms with Gasteiger partial charge in [-0.25, -0.2) is 0 Å². The van der Waals surface area contributed by atoms with Gasteiger partial charge < -0.3 is 5.11 Å². The Morgan fingerprint density at radius 2 is 2.18 bits per heavy atom. The van der Waals surface area contributed by atoms with E-state index in [-0.39, 0.29) is 12.8 Å². The van der Waals surface area contributed by atoms with Crippen molar-refractivity contribution in [3.63, 3.8) is 0 Å². The number of carboxylic acids is 1. The van der Waals surface area contributed by atoms with Crippen molar-refractivity contribution in [1.29, 1.82) is 0 Å². The van der Waals surface area contributed by atoms with Gasteiger partial charge in [-0.1, -0.05) is 12.1 Å². The SMILES string of the molecule is O=C(O)CCc1nnn(-c2ccccc2Br)n1. The van der Waals surface area contributed by atoms with Crippen LogP contribution in [0.25, 0.3) is 5.69 Å². The topological polar surface area (TPSA) is 80.9 Å². The summed E-state index contributed by atoms with van der Waals surface area (Å²) < 4.78 is 0.849. The predicted octanol–water partition coefficient (Wildman–Crippen LogP) is 1.44. The first-order valence-corrected chi connectivity index (χ1v) is 5.71. The molecule has 0 saturated heterocycles. The number of rotatable bonds is 4. The van der Waals surface area contributed by atoms with Gasteiger partial charge >= 0.3 is 5.97 Å². The van der Waals surface area contributed by atoms with Crippen LogP contribution in [0.2, 0.25) is 0 Å². The Bertz CT molecular complexity index is 541. The van der Waals surface area contributed by atoms with E-state index < -0.39 is 5.97 Å². The largest absolute Gasteiger partial charge is 0.481 e. The molecule has 6 nitrogen and oxygen atoms in total. The third-order valence-corrected chi connectivity index (χ3v) is 2.76. The molecule has 1 N–H and O–H groups in total. The number of tetrazole rings is 1. The molecule has 2 rings (SSSR count). The summed E-state index contributed by atoms with van der Waals surface area (Å²) in [4.78, 5) is 11.8. The van der Waals surface area contributed by atoms with Crippen LogP contribution in [0.15, 0.2) is 28.7 Å². The predicted molar refractivity (Wildman–Crippen MR) is 62.8 cm³/mol. The number of hydrogen-bond acceptors (Lipinski definition) is 4. The number of aryl methyl sites for hydroxylation is 1. The highest BCUT2D eigenvalue weighted by atomic mass is 79.9. The van der Waals surface area contributed by atoms with E-state index in [0.717, 1.165) is 10.2 Å². The molecule has 0 atom stereocenters. The van der Waals surface area contributed by atoms with Crippen LogP contribution in [0.5, 0.6) is 0 Å². The van der Waals surface area contributed by atoms with E-state index in [1.807, 2.05) is 24.3 Å². The zero-order valence-electron chi connectivity index (χ0n) is 8.75. The molecule has 0 aliphatic carbocycles. The van der Waals surface area contributed by atoms with E-state index in [9.17, 15) is 4.79 Å². The molecule has 1 heterocycles. The Hall–Kier alpha value is -1.76. The second-order valence-electron chi connectivity index (χ2n) is 3.34. The summed E-state index contributed by atoms with van der Waals surface area (Å²) in [6.07, 6.45) is 0.279. The van der Waals surface area contributed by atoms with Crippen LogP contribution in [-0.2, 0) is 11.2 Å². The molecule has 2 aromatic rings. The van der Waals surface area contributed by atoms with Crippen molar-refractivity contribution in [2.75, 3.05) is 0 Å². The van der Waals surface area contributed by atoms with Crippen LogP contribution in [0.1, 0.15) is 12.2 Å². The molecule has 88 valence electrons. The first kappa shape index (κ1) is 11.7. The van der Waals surface area contributed by atoms with Crippen molar-refractivity contribution < 1.29 is 9.90 Å². The summed E-state index contributed by atoms with van der Waals surface area (Å²) in [5.74, 6) is -0.453. The van der Waals surface area contributed by atoms with E-state index in [4.69, 9.17) is 5.11 Å². The van der Waals surface area contributed by atoms with E-state index >= 15 is 0 Å². The summed E-state index contributed by atoms with van der Waals surface area (Å²) in [5.41, 5.74) is 0.765. The molecule has 1 aromatic heterocycles. The molecule has 0 saturated carbocycles. The molecule has 0 aliphatic rings. The quantitative estimate of drug-likeness (QED) is 0.923. The highest BCUT2D eigenvalue weighted by molar-refractivity contribution is 9.10. The molecule has 0 bridgehead atoms. The van der Waals surface area contributed by atoms with Gasteiger partial charge in [-0.05, 0) is 33.3 Å². The lowest BCUT2D eigenvalue weighted by Crippen LogP contribution is -2.01. The molecule has 0 unspecified atom stereocenters. The Labute approximate surface area is 105 Å². The summed E-state index contributed by atoms with van der Waals surface area (Å²) in [6, 6.07) is 7.46. The number of nitrogens with zero attached hydrogens (tertiary/aromatic N) is 4. The van der Waals surface area contributed by atoms with Gasteiger partial charge in [-0.2, -0.15) is 0 Å². The van der Waals surface area contributed by atoms with Gasteiger partial charge in [0.15, 0.2) is 5.82 Å². The van der Waals surface area contributed by atoms with Gasteiger partial charge in [0.05, 0.1) is 6.42 Å². The number of carbonyl (C=O) groups is 1. The second kappa shape index (κ2) is 5.05. The zero-order chi connectivity index (χ0) is 12.3. The van der Waals surface area contributed by atoms with E-state index in [0.29, 0.717) is 5.82 Å². The molecular formula is C10H9BrN4O2. The fourth-order valence-electron chi connectivity index (χ4n) is 1.28. The number of para-hydroxylation sites is 1. The minimum Gasteiger partial charge on any atom is -0.481 e. The van der Waals surface area contributed by atoms with Crippen LogP contribution < -0.4 is 0 Å². The molecule has 0 amide bonds. The van der Waals surface area contributed by atoms with Crippen LogP contribution in [0, 0.1) is 0 Å². The van der Waals surface area contributed by atoms with Crippen molar-refractivity contribution in [1.82, 2.24) is 20.2 Å². The van der Waals surface area contributed by atoms with Crippen LogP contribution in [0.4, 0.5) is 0 Å². The standard InChI is InChI=1S/C10H9BrN4O2/c11-7-3-1-2-4-8(7)15-13-9(12-14-15)5-6-10(16)17/h1-4H,5-6H2,(H,16,17). The fourth-order valence-corrected chi connectivity index (χ4v) is 1.72. The van der Waals surface area contributed by atoms with Crippen LogP contribution in [0.3, 0.4) is 0 Å². The Morgan fingerprint density at radius 3 is 2.88 bits per heavy atom. The molecule has 1 aromatic carbocycles. The van der Waals surface area contributed by atoms with E-state index in [1.165, 1.54) is 4.80 Å². The normalized spacial score (nSPS) is 10.4. The lowest BCUT2D eigenvalue weighted by Gasteiger charge is -1.99. The smallest absolute Gasteiger partial charge is 0.303 e. The second-order valence-corrected chi connectivity index (χ2v) is 4.19. The first-order chi connectivity index (χ1) is 8.16. The Kier molecular flexibility index (Phi) is 3.48. The number of aromatic nitrogens is 4. The maximum absolute atomic E-state index is 10.4. The average molecular weight is 297 g/mol. The van der Waals surface area contributed by atoms with Gasteiger partial charge in [-0.15, -0.1) is 15.0 Å². The van der Waals surface area contributed by atoms with Crippen molar-refractivity contribution in [3.05, 3.63) is 34.6 Å². The molecule has 0 aliphatic heterocycles. The monoisotopic (exact) mass is 296 g/mol. The zero-order valence-corrected chi connectivity index (χ0v) is 10.3. The van der Waals surface area contributed by atoms with Crippen molar-refractivity contribution in [2.45, 2.75) is 12.8 Å². The summed E-state index contributed by atoms with van der Waals surface area (Å²) >= 11 is 3.38. The maximum Gasteiger partial charge on any atom is 0.303 e. The van der Waals surface area contributed by atoms with Gasteiger partial charge in [0, 0.05) is 10.9 Å². The fraction of sp³-hybridized carbons (Fsp3) is 0.200. The first-order valence-electron chi connectivity index (χ1n) is 4.92. The van der Waals surface area contributed by atoms with Gasteiger partial charge in [-0.3, -0.25) is 4.79 Å². The number of aliphatic carboxylic acids is 1. The van der Waals surface area contributed by atoms with Crippen molar-refractivity contribution >= 4 is 21.9 Å². The maximum atomic E-state index is 10.4. The van der Waals surface area contributed by atoms with Crippen molar-refractivity contribution in [3.8, 4) is 5.69 Å². The molecule has 17 heavy (non-hydrogen) atoms. The molecule has 0 spiro atoms. The molecule has 7 heteroatoms. The van der Waals surface area contributed by atoms with E-state index in [2.05, 4.69) is 31.3 Å². The van der Waals surface area contributed by atoms with Gasteiger partial charge in [0.1, 0.15) is 5.69 Å². The third-order valence-electron chi connectivity index (χ3n) is 2.09. The number of halogens is 1. The summed E-state index contributed by atoms with van der Waals surface area (Å²) in [7, 11) is 0. The number of hydrogen-bond donors (Lipinski definition) is 1. The third kappa shape index (κ3) is 2.88. The lowest BCUT2D eigenvalue weighted by atomic mass is 10.3. The Balaban J connectivity index is 2.18. The minimum atomic E-state index is -0.873. The van der Waals surface area contributed by atoms with Gasteiger partial charge in [0.2, 0.25) is 0 Å². The molecule has 0 fully saturated rings. The van der Waals surface area contributed by atoms with Gasteiger partial charge in [0.25, 0.3) is 0 Å². The van der Waals surface area contributed by atoms with Crippen molar-refractivity contribution in [2.24, 2.45) is 0 Å². The number of carboxylic acid groups (broad SMARTS) is 1.